The number of amides is 2. The maximum absolute atomic E-state index is 12.3. The van der Waals surface area contributed by atoms with Crippen molar-refractivity contribution in [1.29, 1.82) is 0 Å². The smallest absolute Gasteiger partial charge is 0.227 e. The van der Waals surface area contributed by atoms with Crippen LogP contribution in [0.1, 0.15) is 33.6 Å². The van der Waals surface area contributed by atoms with E-state index in [0.717, 1.165) is 19.4 Å². The van der Waals surface area contributed by atoms with Gasteiger partial charge in [0.15, 0.2) is 0 Å². The number of likely N-dealkylation sites (tertiary alicyclic amines) is 2. The molecule has 2 amide bonds. The van der Waals surface area contributed by atoms with E-state index in [1.165, 1.54) is 0 Å². The zero-order chi connectivity index (χ0) is 14.2. The number of β-amino-alcohol motifs (C(OH)–C–C–N with tert-alkyl or cyclic N) is 1. The fraction of sp³-hybridized carbons (Fsp3) is 0.857. The highest BCUT2D eigenvalue weighted by molar-refractivity contribution is 5.82. The first-order valence-corrected chi connectivity index (χ1v) is 7.10. The van der Waals surface area contributed by atoms with E-state index in [1.54, 1.807) is 11.8 Å². The molecule has 2 heterocycles. The average molecular weight is 268 g/mol. The van der Waals surface area contributed by atoms with Gasteiger partial charge in [0.05, 0.1) is 24.6 Å². The summed E-state index contributed by atoms with van der Waals surface area (Å²) in [5, 5.41) is 9.69. The van der Waals surface area contributed by atoms with E-state index in [-0.39, 0.29) is 23.7 Å². The van der Waals surface area contributed by atoms with Crippen LogP contribution >= 0.6 is 0 Å². The molecule has 0 aliphatic carbocycles. The first-order chi connectivity index (χ1) is 8.80. The van der Waals surface area contributed by atoms with Gasteiger partial charge in [0, 0.05) is 19.0 Å². The maximum Gasteiger partial charge on any atom is 0.227 e. The highest BCUT2D eigenvalue weighted by Gasteiger charge is 2.42. The first kappa shape index (κ1) is 14.3. The van der Waals surface area contributed by atoms with Gasteiger partial charge in [-0.15, -0.1) is 0 Å². The molecule has 1 unspecified atom stereocenters. The van der Waals surface area contributed by atoms with Gasteiger partial charge in [-0.05, 0) is 19.8 Å². The summed E-state index contributed by atoms with van der Waals surface area (Å²) in [6.45, 7) is 7.65. The Morgan fingerprint density at radius 3 is 2.42 bits per heavy atom. The summed E-state index contributed by atoms with van der Waals surface area (Å²) in [4.78, 5) is 27.8. The molecular formula is C14H24N2O3. The maximum atomic E-state index is 12.3. The lowest BCUT2D eigenvalue weighted by Gasteiger charge is -2.46. The molecule has 0 saturated carbocycles. The molecule has 0 radical (unpaired) electrons. The third-order valence-electron chi connectivity index (χ3n) is 3.95. The Labute approximate surface area is 114 Å². The minimum Gasteiger partial charge on any atom is -0.386 e. The van der Waals surface area contributed by atoms with Gasteiger partial charge in [0.25, 0.3) is 0 Å². The van der Waals surface area contributed by atoms with Crippen molar-refractivity contribution < 1.29 is 14.7 Å². The van der Waals surface area contributed by atoms with E-state index in [0.29, 0.717) is 19.6 Å². The molecule has 2 saturated heterocycles. The van der Waals surface area contributed by atoms with Gasteiger partial charge in [-0.25, -0.2) is 0 Å². The Balaban J connectivity index is 1.91. The highest BCUT2D eigenvalue weighted by atomic mass is 16.3. The molecule has 108 valence electrons. The third-order valence-corrected chi connectivity index (χ3v) is 3.95. The van der Waals surface area contributed by atoms with E-state index >= 15 is 0 Å². The summed E-state index contributed by atoms with van der Waals surface area (Å²) < 4.78 is 0. The van der Waals surface area contributed by atoms with E-state index < -0.39 is 5.60 Å². The van der Waals surface area contributed by atoms with Gasteiger partial charge in [-0.2, -0.15) is 0 Å². The van der Waals surface area contributed by atoms with Crippen LogP contribution in [0.4, 0.5) is 0 Å². The standard InChI is InChI=1S/C14H24N2O3/c1-10(2)12(17)15-6-4-5-11(7-15)13(18)16-8-14(3,19)9-16/h10-11,19H,4-9H2,1-3H3. The first-order valence-electron chi connectivity index (χ1n) is 7.10. The molecule has 1 atom stereocenters. The number of carbonyl (C=O) groups is 2. The largest absolute Gasteiger partial charge is 0.386 e. The third kappa shape index (κ3) is 3.08. The minimum absolute atomic E-state index is 0.0152. The summed E-state index contributed by atoms with van der Waals surface area (Å²) in [5.74, 6) is 0.118. The SMILES string of the molecule is CC(C)C(=O)N1CCCC(C(=O)N2CC(C)(O)C2)C1. The van der Waals surface area contributed by atoms with Gasteiger partial charge in [-0.1, -0.05) is 13.8 Å². The van der Waals surface area contributed by atoms with Crippen LogP contribution in [0.2, 0.25) is 0 Å². The van der Waals surface area contributed by atoms with Crippen LogP contribution in [0.15, 0.2) is 0 Å². The van der Waals surface area contributed by atoms with Gasteiger partial charge in [0.2, 0.25) is 11.8 Å². The summed E-state index contributed by atoms with van der Waals surface area (Å²) in [6.07, 6.45) is 1.73. The van der Waals surface area contributed by atoms with Gasteiger partial charge in [0.1, 0.15) is 0 Å². The van der Waals surface area contributed by atoms with Crippen LogP contribution < -0.4 is 0 Å². The van der Waals surface area contributed by atoms with Gasteiger partial charge < -0.3 is 14.9 Å². The monoisotopic (exact) mass is 268 g/mol. The van der Waals surface area contributed by atoms with Gasteiger partial charge in [-0.3, -0.25) is 9.59 Å². The predicted molar refractivity (Wildman–Crippen MR) is 71.3 cm³/mol. The quantitative estimate of drug-likeness (QED) is 0.792. The summed E-state index contributed by atoms with van der Waals surface area (Å²) in [6, 6.07) is 0. The molecule has 0 aromatic rings. The van der Waals surface area contributed by atoms with Crippen LogP contribution in [0.5, 0.6) is 0 Å². The Kier molecular flexibility index (Phi) is 3.85. The van der Waals surface area contributed by atoms with E-state index in [9.17, 15) is 14.7 Å². The van der Waals surface area contributed by atoms with E-state index in [4.69, 9.17) is 0 Å². The van der Waals surface area contributed by atoms with Crippen molar-refractivity contribution in [1.82, 2.24) is 9.80 Å². The molecule has 0 aromatic carbocycles. The molecule has 5 nitrogen and oxygen atoms in total. The Morgan fingerprint density at radius 1 is 1.26 bits per heavy atom. The minimum atomic E-state index is -0.724. The van der Waals surface area contributed by atoms with Gasteiger partial charge >= 0.3 is 0 Å². The fourth-order valence-corrected chi connectivity index (χ4v) is 2.93. The molecular weight excluding hydrogens is 244 g/mol. The second-order valence-corrected chi connectivity index (χ2v) is 6.47. The van der Waals surface area contributed by atoms with Crippen molar-refractivity contribution in [3.05, 3.63) is 0 Å². The molecule has 0 aromatic heterocycles. The van der Waals surface area contributed by atoms with Crippen molar-refractivity contribution in [2.24, 2.45) is 11.8 Å². The highest BCUT2D eigenvalue weighted by Crippen LogP contribution is 2.26. The van der Waals surface area contributed by atoms with E-state index in [1.807, 2.05) is 18.7 Å². The predicted octanol–water partition coefficient (Wildman–Crippen LogP) is 0.474. The molecule has 2 aliphatic rings. The Hall–Kier alpha value is -1.10. The lowest BCUT2D eigenvalue weighted by molar-refractivity contribution is -0.159. The Morgan fingerprint density at radius 2 is 1.89 bits per heavy atom. The molecule has 19 heavy (non-hydrogen) atoms. The zero-order valence-electron chi connectivity index (χ0n) is 12.1. The van der Waals surface area contributed by atoms with Crippen molar-refractivity contribution in [2.75, 3.05) is 26.2 Å². The lowest BCUT2D eigenvalue weighted by Crippen LogP contribution is -2.63. The summed E-state index contributed by atoms with van der Waals surface area (Å²) >= 11 is 0. The molecule has 0 bridgehead atoms. The molecule has 5 heteroatoms. The van der Waals surface area contributed by atoms with Crippen molar-refractivity contribution in [3.63, 3.8) is 0 Å². The number of aliphatic hydroxyl groups is 1. The number of hydrogen-bond acceptors (Lipinski definition) is 3. The lowest BCUT2D eigenvalue weighted by atomic mass is 9.90. The summed E-state index contributed by atoms with van der Waals surface area (Å²) in [5.41, 5.74) is -0.724. The molecule has 2 rings (SSSR count). The normalized spacial score (nSPS) is 26.3. The number of carbonyl (C=O) groups excluding carboxylic acids is 2. The average Bonchev–Trinajstić information content (AvgIpc) is 2.34. The van der Waals surface area contributed by atoms with Crippen LogP contribution in [-0.2, 0) is 9.59 Å². The number of rotatable bonds is 2. The van der Waals surface area contributed by atoms with Crippen molar-refractivity contribution in [2.45, 2.75) is 39.2 Å². The van der Waals surface area contributed by atoms with Crippen molar-refractivity contribution >= 4 is 11.8 Å². The number of piperidine rings is 1. The molecule has 2 fully saturated rings. The van der Waals surface area contributed by atoms with Crippen LogP contribution in [-0.4, -0.2) is 58.5 Å². The number of hydrogen-bond donors (Lipinski definition) is 1. The topological polar surface area (TPSA) is 60.9 Å². The molecule has 1 N–H and O–H groups in total. The second-order valence-electron chi connectivity index (χ2n) is 6.47. The van der Waals surface area contributed by atoms with E-state index in [2.05, 4.69) is 0 Å². The fourth-order valence-electron chi connectivity index (χ4n) is 2.93. The Bertz CT molecular complexity index is 371. The summed E-state index contributed by atoms with van der Waals surface area (Å²) in [7, 11) is 0. The molecule has 2 aliphatic heterocycles. The zero-order valence-corrected chi connectivity index (χ0v) is 12.1. The van der Waals surface area contributed by atoms with Crippen molar-refractivity contribution in [3.8, 4) is 0 Å². The van der Waals surface area contributed by atoms with Crippen LogP contribution in [0.25, 0.3) is 0 Å². The van der Waals surface area contributed by atoms with Crippen LogP contribution in [0, 0.1) is 11.8 Å². The second kappa shape index (κ2) is 5.12. The van der Waals surface area contributed by atoms with Crippen LogP contribution in [0.3, 0.4) is 0 Å². The number of nitrogens with zero attached hydrogens (tertiary/aromatic N) is 2. The molecule has 0 spiro atoms.